The molecule has 1 unspecified atom stereocenters. The van der Waals surface area contributed by atoms with E-state index in [0.29, 0.717) is 25.4 Å². The van der Waals surface area contributed by atoms with Gasteiger partial charge in [-0.1, -0.05) is 37.8 Å². The molecule has 166 valence electrons. The van der Waals surface area contributed by atoms with Crippen molar-refractivity contribution in [2.75, 3.05) is 19.6 Å². The smallest absolute Gasteiger partial charge is 0.224 e. The lowest BCUT2D eigenvalue weighted by atomic mass is 10.1. The Morgan fingerprint density at radius 3 is 2.52 bits per heavy atom. The second-order valence-corrected chi connectivity index (χ2v) is 9.54. The van der Waals surface area contributed by atoms with Crippen LogP contribution >= 0.6 is 0 Å². The molecule has 2 saturated heterocycles. The number of rotatable bonds is 5. The summed E-state index contributed by atoms with van der Waals surface area (Å²) < 4.78 is 2.22. The molecule has 2 aromatic rings. The molecule has 0 radical (unpaired) electrons. The Kier molecular flexibility index (Phi) is 5.97. The van der Waals surface area contributed by atoms with Gasteiger partial charge in [-0.15, -0.1) is 0 Å². The van der Waals surface area contributed by atoms with E-state index in [1.165, 1.54) is 25.7 Å². The Balaban J connectivity index is 1.36. The molecule has 1 aromatic carbocycles. The number of aromatic nitrogens is 2. The molecule has 0 spiro atoms. The highest BCUT2D eigenvalue weighted by molar-refractivity contribution is 5.81. The van der Waals surface area contributed by atoms with E-state index in [1.54, 1.807) is 0 Å². The Morgan fingerprint density at radius 1 is 1.00 bits per heavy atom. The molecule has 3 fully saturated rings. The van der Waals surface area contributed by atoms with Crippen molar-refractivity contribution in [3.8, 4) is 0 Å². The van der Waals surface area contributed by atoms with Crippen molar-refractivity contribution in [3.63, 3.8) is 0 Å². The lowest BCUT2D eigenvalue weighted by Gasteiger charge is -2.24. The largest absolute Gasteiger partial charge is 0.343 e. The van der Waals surface area contributed by atoms with Crippen LogP contribution in [0.15, 0.2) is 24.3 Å². The summed E-state index contributed by atoms with van der Waals surface area (Å²) in [6.45, 7) is 3.19. The summed E-state index contributed by atoms with van der Waals surface area (Å²) in [5.74, 6) is 1.63. The van der Waals surface area contributed by atoms with Crippen LogP contribution in [0.3, 0.4) is 0 Å². The highest BCUT2D eigenvalue weighted by atomic mass is 16.2. The third kappa shape index (κ3) is 4.21. The molecular weight excluding hydrogens is 388 g/mol. The summed E-state index contributed by atoms with van der Waals surface area (Å²) >= 11 is 0. The summed E-state index contributed by atoms with van der Waals surface area (Å²) in [6.07, 6.45) is 10.5. The lowest BCUT2D eigenvalue weighted by molar-refractivity contribution is -0.131. The Bertz CT molecular complexity index is 938. The van der Waals surface area contributed by atoms with E-state index in [4.69, 9.17) is 4.98 Å². The van der Waals surface area contributed by atoms with E-state index in [2.05, 4.69) is 15.5 Å². The van der Waals surface area contributed by atoms with Crippen molar-refractivity contribution in [2.24, 2.45) is 0 Å². The Morgan fingerprint density at radius 2 is 1.74 bits per heavy atom. The van der Waals surface area contributed by atoms with Gasteiger partial charge in [0.2, 0.25) is 11.8 Å². The zero-order valence-electron chi connectivity index (χ0n) is 18.5. The van der Waals surface area contributed by atoms with Gasteiger partial charge in [0, 0.05) is 51.0 Å². The van der Waals surface area contributed by atoms with E-state index in [9.17, 15) is 9.59 Å². The number of carbonyl (C=O) groups is 2. The SMILES string of the molecule is O=C(CCn1c(C2CC(=O)N(C3CCCC3)C2)nc2ccccc21)N1CCCCCC1. The predicted octanol–water partition coefficient (Wildman–Crippen LogP) is 4.09. The van der Waals surface area contributed by atoms with E-state index in [1.807, 2.05) is 23.1 Å². The molecule has 1 aromatic heterocycles. The number of fused-ring (bicyclic) bond motifs is 1. The molecule has 3 aliphatic rings. The molecule has 3 heterocycles. The molecule has 1 saturated carbocycles. The lowest BCUT2D eigenvalue weighted by Crippen LogP contribution is -2.34. The minimum atomic E-state index is 0.119. The van der Waals surface area contributed by atoms with Gasteiger partial charge in [0.1, 0.15) is 5.82 Å². The van der Waals surface area contributed by atoms with Crippen molar-refractivity contribution >= 4 is 22.8 Å². The van der Waals surface area contributed by atoms with Gasteiger partial charge in [0.25, 0.3) is 0 Å². The second-order valence-electron chi connectivity index (χ2n) is 9.54. The summed E-state index contributed by atoms with van der Waals surface area (Å²) in [5.41, 5.74) is 2.04. The first-order chi connectivity index (χ1) is 15.2. The number of imidazole rings is 1. The fourth-order valence-electron chi connectivity index (χ4n) is 5.80. The third-order valence-electron chi connectivity index (χ3n) is 7.48. The van der Waals surface area contributed by atoms with Gasteiger partial charge in [-0.2, -0.15) is 0 Å². The molecule has 31 heavy (non-hydrogen) atoms. The molecule has 2 amide bonds. The maximum atomic E-state index is 12.9. The Labute approximate surface area is 184 Å². The fourth-order valence-corrected chi connectivity index (χ4v) is 5.80. The van der Waals surface area contributed by atoms with Crippen molar-refractivity contribution in [1.29, 1.82) is 0 Å². The summed E-state index contributed by atoms with van der Waals surface area (Å²) in [6, 6.07) is 8.59. The number of aryl methyl sites for hydroxylation is 1. The van der Waals surface area contributed by atoms with Crippen LogP contribution in [0.2, 0.25) is 0 Å². The van der Waals surface area contributed by atoms with Gasteiger partial charge in [-0.25, -0.2) is 4.98 Å². The molecule has 1 atom stereocenters. The molecule has 2 aliphatic heterocycles. The van der Waals surface area contributed by atoms with Crippen LogP contribution in [0.5, 0.6) is 0 Å². The average Bonchev–Trinajstić information content (AvgIpc) is 3.46. The molecule has 6 heteroatoms. The molecular formula is C25H34N4O2. The second kappa shape index (κ2) is 9.01. The summed E-state index contributed by atoms with van der Waals surface area (Å²) in [7, 11) is 0. The first kappa shape index (κ1) is 20.5. The fraction of sp³-hybridized carbons (Fsp3) is 0.640. The van der Waals surface area contributed by atoms with Gasteiger partial charge in [-0.05, 0) is 37.8 Å². The molecule has 1 aliphatic carbocycles. The highest BCUT2D eigenvalue weighted by Crippen LogP contribution is 2.35. The van der Waals surface area contributed by atoms with Gasteiger partial charge >= 0.3 is 0 Å². The van der Waals surface area contributed by atoms with Crippen LogP contribution in [0.4, 0.5) is 0 Å². The summed E-state index contributed by atoms with van der Waals surface area (Å²) in [5, 5.41) is 0. The maximum Gasteiger partial charge on any atom is 0.224 e. The first-order valence-electron chi connectivity index (χ1n) is 12.2. The predicted molar refractivity (Wildman–Crippen MR) is 121 cm³/mol. The number of hydrogen-bond donors (Lipinski definition) is 0. The summed E-state index contributed by atoms with van der Waals surface area (Å²) in [4.78, 5) is 34.8. The standard InChI is InChI=1S/C25H34N4O2/c30-23(27-14-7-1-2-8-15-27)13-16-28-22-12-6-5-11-21(22)26-25(28)19-17-24(31)29(18-19)20-9-3-4-10-20/h5-6,11-12,19-20H,1-4,7-10,13-18H2. The quantitative estimate of drug-likeness (QED) is 0.729. The van der Waals surface area contributed by atoms with E-state index in [0.717, 1.165) is 62.2 Å². The number of hydrogen-bond acceptors (Lipinski definition) is 3. The van der Waals surface area contributed by atoms with Crippen molar-refractivity contribution in [3.05, 3.63) is 30.1 Å². The van der Waals surface area contributed by atoms with Gasteiger partial charge in [0.15, 0.2) is 0 Å². The Hall–Kier alpha value is -2.37. The molecule has 0 bridgehead atoms. The van der Waals surface area contributed by atoms with Crippen molar-refractivity contribution < 1.29 is 9.59 Å². The number of carbonyl (C=O) groups excluding carboxylic acids is 2. The molecule has 0 N–H and O–H groups in total. The third-order valence-corrected chi connectivity index (χ3v) is 7.48. The zero-order valence-corrected chi connectivity index (χ0v) is 18.5. The topological polar surface area (TPSA) is 58.4 Å². The number of para-hydroxylation sites is 2. The number of benzene rings is 1. The minimum Gasteiger partial charge on any atom is -0.343 e. The van der Waals surface area contributed by atoms with E-state index >= 15 is 0 Å². The van der Waals surface area contributed by atoms with Crippen LogP contribution in [0, 0.1) is 0 Å². The van der Waals surface area contributed by atoms with Crippen LogP contribution in [0.1, 0.15) is 76.0 Å². The molecule has 6 nitrogen and oxygen atoms in total. The van der Waals surface area contributed by atoms with Gasteiger partial charge in [-0.3, -0.25) is 9.59 Å². The van der Waals surface area contributed by atoms with Crippen LogP contribution in [-0.4, -0.2) is 56.8 Å². The average molecular weight is 423 g/mol. The van der Waals surface area contributed by atoms with Crippen molar-refractivity contribution in [2.45, 2.75) is 82.7 Å². The van der Waals surface area contributed by atoms with Gasteiger partial charge in [0.05, 0.1) is 11.0 Å². The highest BCUT2D eigenvalue weighted by Gasteiger charge is 2.38. The van der Waals surface area contributed by atoms with Crippen LogP contribution in [-0.2, 0) is 16.1 Å². The first-order valence-corrected chi connectivity index (χ1v) is 12.2. The van der Waals surface area contributed by atoms with Gasteiger partial charge < -0.3 is 14.4 Å². The van der Waals surface area contributed by atoms with Crippen molar-refractivity contribution in [1.82, 2.24) is 19.4 Å². The maximum absolute atomic E-state index is 12.9. The minimum absolute atomic E-state index is 0.119. The number of likely N-dealkylation sites (tertiary alicyclic amines) is 2. The monoisotopic (exact) mass is 422 g/mol. The molecule has 5 rings (SSSR count). The number of nitrogens with zero attached hydrogens (tertiary/aromatic N) is 4. The zero-order chi connectivity index (χ0) is 21.2. The van der Waals surface area contributed by atoms with E-state index in [-0.39, 0.29) is 17.7 Å². The van der Waals surface area contributed by atoms with Crippen LogP contribution < -0.4 is 0 Å². The van der Waals surface area contributed by atoms with E-state index < -0.39 is 0 Å². The van der Waals surface area contributed by atoms with Crippen LogP contribution in [0.25, 0.3) is 11.0 Å². The number of amides is 2. The normalized spacial score (nSPS) is 23.1.